The van der Waals surface area contributed by atoms with Crippen molar-refractivity contribution in [1.82, 2.24) is 5.32 Å². The van der Waals surface area contributed by atoms with E-state index in [0.717, 1.165) is 0 Å². The van der Waals surface area contributed by atoms with Gasteiger partial charge in [-0.05, 0) is 5.56 Å². The molecular formula is C14H20N2O. The van der Waals surface area contributed by atoms with Crippen LogP contribution in [0.25, 0.3) is 0 Å². The quantitative estimate of drug-likeness (QED) is 0.736. The van der Waals surface area contributed by atoms with Crippen LogP contribution in [0.15, 0.2) is 42.1 Å². The van der Waals surface area contributed by atoms with Crippen molar-refractivity contribution in [3.05, 3.63) is 47.7 Å². The van der Waals surface area contributed by atoms with Gasteiger partial charge >= 0.3 is 0 Å². The van der Waals surface area contributed by atoms with Gasteiger partial charge in [0.15, 0.2) is 5.78 Å². The molecule has 1 aromatic carbocycles. The summed E-state index contributed by atoms with van der Waals surface area (Å²) in [6, 6.07) is 10.0. The van der Waals surface area contributed by atoms with E-state index < -0.39 is 0 Å². The van der Waals surface area contributed by atoms with Crippen LogP contribution in [-0.4, -0.2) is 12.3 Å². The normalized spacial score (nSPS) is 11.6. The number of carbonyl (C=O) groups excluding carboxylic acids is 1. The van der Waals surface area contributed by atoms with Crippen LogP contribution in [0.5, 0.6) is 0 Å². The smallest absolute Gasteiger partial charge is 0.164 e. The molecule has 0 atom stereocenters. The van der Waals surface area contributed by atoms with Gasteiger partial charge in [0.05, 0.1) is 0 Å². The number of rotatable bonds is 6. The first kappa shape index (κ1) is 13.5. The summed E-state index contributed by atoms with van der Waals surface area (Å²) in [6.45, 7) is 4.74. The number of hydrogen-bond donors (Lipinski definition) is 2. The van der Waals surface area contributed by atoms with Gasteiger partial charge in [-0.1, -0.05) is 44.2 Å². The number of ketones is 1. The van der Waals surface area contributed by atoms with E-state index in [1.54, 1.807) is 6.20 Å². The lowest BCUT2D eigenvalue weighted by molar-refractivity contribution is -0.118. The van der Waals surface area contributed by atoms with E-state index >= 15 is 0 Å². The Morgan fingerprint density at radius 1 is 1.35 bits per heavy atom. The third kappa shape index (κ3) is 4.41. The lowest BCUT2D eigenvalue weighted by Gasteiger charge is -2.08. The zero-order chi connectivity index (χ0) is 12.7. The summed E-state index contributed by atoms with van der Waals surface area (Å²) in [5.41, 5.74) is 7.39. The average molecular weight is 232 g/mol. The maximum atomic E-state index is 11.7. The molecule has 0 aliphatic heterocycles. The Morgan fingerprint density at radius 3 is 2.53 bits per heavy atom. The molecule has 1 aromatic rings. The largest absolute Gasteiger partial charge is 0.386 e. The first-order chi connectivity index (χ1) is 8.15. The van der Waals surface area contributed by atoms with Gasteiger partial charge in [-0.25, -0.2) is 0 Å². The highest BCUT2D eigenvalue weighted by Crippen LogP contribution is 2.04. The van der Waals surface area contributed by atoms with Crippen molar-refractivity contribution in [2.75, 3.05) is 6.54 Å². The fourth-order valence-corrected chi connectivity index (χ4v) is 1.49. The van der Waals surface area contributed by atoms with E-state index in [1.165, 1.54) is 5.56 Å². The fourth-order valence-electron chi connectivity index (χ4n) is 1.49. The Balaban J connectivity index is 2.54. The molecule has 0 aliphatic carbocycles. The van der Waals surface area contributed by atoms with Crippen LogP contribution in [0.4, 0.5) is 0 Å². The topological polar surface area (TPSA) is 55.1 Å². The molecule has 0 saturated heterocycles. The summed E-state index contributed by atoms with van der Waals surface area (Å²) in [5.74, 6) is 0.0939. The number of nitrogens with two attached hydrogens (primary N) is 1. The van der Waals surface area contributed by atoms with E-state index in [1.807, 2.05) is 44.2 Å². The second-order valence-corrected chi connectivity index (χ2v) is 4.26. The number of hydrogen-bond acceptors (Lipinski definition) is 3. The minimum Gasteiger partial charge on any atom is -0.386 e. The second-order valence-electron chi connectivity index (χ2n) is 4.26. The van der Waals surface area contributed by atoms with Gasteiger partial charge in [0.25, 0.3) is 0 Å². The number of benzene rings is 1. The van der Waals surface area contributed by atoms with Crippen molar-refractivity contribution in [3.63, 3.8) is 0 Å². The zero-order valence-corrected chi connectivity index (χ0v) is 10.4. The number of carbonyl (C=O) groups is 1. The maximum Gasteiger partial charge on any atom is 0.164 e. The van der Waals surface area contributed by atoms with Crippen molar-refractivity contribution in [2.45, 2.75) is 20.4 Å². The van der Waals surface area contributed by atoms with Crippen LogP contribution in [0.3, 0.4) is 0 Å². The molecule has 3 nitrogen and oxygen atoms in total. The molecule has 0 amide bonds. The van der Waals surface area contributed by atoms with E-state index in [0.29, 0.717) is 12.1 Å². The van der Waals surface area contributed by atoms with Crippen LogP contribution in [0, 0.1) is 5.92 Å². The molecule has 92 valence electrons. The summed E-state index contributed by atoms with van der Waals surface area (Å²) in [4.78, 5) is 11.7. The van der Waals surface area contributed by atoms with Gasteiger partial charge in [-0.2, -0.15) is 0 Å². The fraction of sp³-hybridized carbons (Fsp3) is 0.357. The molecule has 0 aromatic heterocycles. The summed E-state index contributed by atoms with van der Waals surface area (Å²) in [5, 5.41) is 3.13. The van der Waals surface area contributed by atoms with Crippen LogP contribution >= 0.6 is 0 Å². The van der Waals surface area contributed by atoms with Crippen LogP contribution in [0.2, 0.25) is 0 Å². The molecule has 3 N–H and O–H groups in total. The molecule has 0 unspecified atom stereocenters. The summed E-state index contributed by atoms with van der Waals surface area (Å²) < 4.78 is 0. The molecule has 1 rings (SSSR count). The van der Waals surface area contributed by atoms with Gasteiger partial charge < -0.3 is 11.1 Å². The predicted octanol–water partition coefficient (Wildman–Crippen LogP) is 1.84. The van der Waals surface area contributed by atoms with Gasteiger partial charge in [-0.3, -0.25) is 4.79 Å². The van der Waals surface area contributed by atoms with Crippen molar-refractivity contribution in [1.29, 1.82) is 0 Å². The highest BCUT2D eigenvalue weighted by Gasteiger charge is 2.11. The molecule has 0 fully saturated rings. The van der Waals surface area contributed by atoms with E-state index in [2.05, 4.69) is 5.32 Å². The molecule has 0 radical (unpaired) electrons. The highest BCUT2D eigenvalue weighted by molar-refractivity contribution is 5.96. The van der Waals surface area contributed by atoms with E-state index in [4.69, 9.17) is 5.73 Å². The van der Waals surface area contributed by atoms with E-state index in [-0.39, 0.29) is 18.2 Å². The SMILES string of the molecule is CC(C)C(=O)/C(=C/NCc1ccccc1)CN. The van der Waals surface area contributed by atoms with Crippen LogP contribution in [-0.2, 0) is 11.3 Å². The van der Waals surface area contributed by atoms with Crippen molar-refractivity contribution in [3.8, 4) is 0 Å². The Bertz CT molecular complexity index is 382. The van der Waals surface area contributed by atoms with Crippen molar-refractivity contribution < 1.29 is 4.79 Å². The summed E-state index contributed by atoms with van der Waals surface area (Å²) >= 11 is 0. The Labute approximate surface area is 103 Å². The number of Topliss-reactive ketones (excluding diaryl/α,β-unsaturated/α-hetero) is 1. The Hall–Kier alpha value is -1.61. The third-order valence-corrected chi connectivity index (χ3v) is 2.49. The molecule has 0 bridgehead atoms. The minimum absolute atomic E-state index is 0.0108. The molecule has 3 heteroatoms. The molecular weight excluding hydrogens is 212 g/mol. The Morgan fingerprint density at radius 2 is 2.00 bits per heavy atom. The summed E-state index contributed by atoms with van der Waals surface area (Å²) in [6.07, 6.45) is 1.73. The van der Waals surface area contributed by atoms with Crippen LogP contribution < -0.4 is 11.1 Å². The van der Waals surface area contributed by atoms with Gasteiger partial charge in [0.2, 0.25) is 0 Å². The third-order valence-electron chi connectivity index (χ3n) is 2.49. The molecule has 0 spiro atoms. The average Bonchev–Trinajstić information content (AvgIpc) is 2.35. The first-order valence-corrected chi connectivity index (χ1v) is 5.85. The first-order valence-electron chi connectivity index (χ1n) is 5.85. The lowest BCUT2D eigenvalue weighted by atomic mass is 10.0. The second kappa shape index (κ2) is 6.86. The molecule has 17 heavy (non-hydrogen) atoms. The maximum absolute atomic E-state index is 11.7. The zero-order valence-electron chi connectivity index (χ0n) is 10.4. The van der Waals surface area contributed by atoms with Crippen LogP contribution in [0.1, 0.15) is 19.4 Å². The van der Waals surface area contributed by atoms with Gasteiger partial charge in [-0.15, -0.1) is 0 Å². The van der Waals surface area contributed by atoms with Crippen molar-refractivity contribution in [2.24, 2.45) is 11.7 Å². The predicted molar refractivity (Wildman–Crippen MR) is 70.3 cm³/mol. The standard InChI is InChI=1S/C14H20N2O/c1-11(2)14(17)13(8-15)10-16-9-12-6-4-3-5-7-12/h3-7,10-11,16H,8-9,15H2,1-2H3/b13-10+. The molecule has 0 heterocycles. The Kier molecular flexibility index (Phi) is 5.43. The highest BCUT2D eigenvalue weighted by atomic mass is 16.1. The molecule has 0 saturated carbocycles. The summed E-state index contributed by atoms with van der Waals surface area (Å²) in [7, 11) is 0. The van der Waals surface area contributed by atoms with Gasteiger partial charge in [0.1, 0.15) is 0 Å². The van der Waals surface area contributed by atoms with Crippen molar-refractivity contribution >= 4 is 5.78 Å². The molecule has 0 aliphatic rings. The number of nitrogens with one attached hydrogen (secondary N) is 1. The van der Waals surface area contributed by atoms with E-state index in [9.17, 15) is 4.79 Å². The monoisotopic (exact) mass is 232 g/mol. The van der Waals surface area contributed by atoms with Gasteiger partial charge in [0, 0.05) is 30.8 Å². The lowest BCUT2D eigenvalue weighted by Crippen LogP contribution is -2.20. The minimum atomic E-state index is -0.0108.